The third-order valence-electron chi connectivity index (χ3n) is 3.04. The fourth-order valence-corrected chi connectivity index (χ4v) is 2.62. The second-order valence-electron chi connectivity index (χ2n) is 4.59. The Morgan fingerprint density at radius 1 is 1.52 bits per heavy atom. The average molecular weight is 302 g/mol. The Balaban J connectivity index is 1.76. The normalized spacial score (nSPS) is 10.8. The number of carbonyl (C=O) groups excluding carboxylic acids is 1. The Kier molecular flexibility index (Phi) is 3.53. The van der Waals surface area contributed by atoms with Gasteiger partial charge in [-0.1, -0.05) is 0 Å². The number of amides is 1. The molecule has 21 heavy (non-hydrogen) atoms. The fourth-order valence-electron chi connectivity index (χ4n) is 2.00. The van der Waals surface area contributed by atoms with Crippen molar-refractivity contribution in [2.45, 2.75) is 13.5 Å². The number of rotatable bonds is 4. The number of nitrogens with zero attached hydrogens (tertiary/aromatic N) is 4. The number of nitrogens with one attached hydrogen (secondary N) is 2. The topological polar surface area (TPSA) is 88.5 Å². The van der Waals surface area contributed by atoms with Gasteiger partial charge < -0.3 is 14.9 Å². The predicted octanol–water partition coefficient (Wildman–Crippen LogP) is 1.51. The van der Waals surface area contributed by atoms with E-state index in [4.69, 9.17) is 0 Å². The Hall–Kier alpha value is -2.48. The summed E-state index contributed by atoms with van der Waals surface area (Å²) in [6, 6.07) is 1.84. The number of H-pyrrole nitrogens is 1. The first-order chi connectivity index (χ1) is 10.1. The zero-order valence-corrected chi connectivity index (χ0v) is 12.4. The van der Waals surface area contributed by atoms with E-state index in [0.717, 1.165) is 16.3 Å². The van der Waals surface area contributed by atoms with E-state index in [2.05, 4.69) is 25.5 Å². The molecule has 0 aliphatic carbocycles. The maximum atomic E-state index is 12.2. The summed E-state index contributed by atoms with van der Waals surface area (Å²) in [6.45, 7) is 2.28. The lowest BCUT2D eigenvalue weighted by Gasteiger charge is -2.03. The first kappa shape index (κ1) is 13.5. The van der Waals surface area contributed by atoms with E-state index >= 15 is 0 Å². The molecule has 2 N–H and O–H groups in total. The lowest BCUT2D eigenvalue weighted by Crippen LogP contribution is -2.25. The van der Waals surface area contributed by atoms with Crippen LogP contribution in [0.1, 0.15) is 21.3 Å². The monoisotopic (exact) mass is 302 g/mol. The van der Waals surface area contributed by atoms with Crippen molar-refractivity contribution >= 4 is 17.2 Å². The summed E-state index contributed by atoms with van der Waals surface area (Å²) in [4.78, 5) is 19.5. The van der Waals surface area contributed by atoms with E-state index in [1.165, 1.54) is 6.33 Å². The van der Waals surface area contributed by atoms with Gasteiger partial charge in [-0.25, -0.2) is 4.98 Å². The molecule has 108 valence electrons. The minimum Gasteiger partial charge on any atom is -0.346 e. The number of aryl methyl sites for hydroxylation is 2. The van der Waals surface area contributed by atoms with Crippen LogP contribution in [-0.2, 0) is 13.6 Å². The molecule has 0 atom stereocenters. The quantitative estimate of drug-likeness (QED) is 0.764. The van der Waals surface area contributed by atoms with Crippen molar-refractivity contribution in [3.63, 3.8) is 0 Å². The SMILES string of the molecule is Cc1nc(-c2cc(C(=O)NCc3nnc[nH]3)n(C)c2)cs1. The van der Waals surface area contributed by atoms with Crippen LogP contribution in [0, 0.1) is 6.92 Å². The zero-order chi connectivity index (χ0) is 14.8. The van der Waals surface area contributed by atoms with E-state index in [0.29, 0.717) is 18.1 Å². The summed E-state index contributed by atoms with van der Waals surface area (Å²) in [5.74, 6) is 0.458. The lowest BCUT2D eigenvalue weighted by atomic mass is 10.2. The van der Waals surface area contributed by atoms with E-state index in [1.54, 1.807) is 15.9 Å². The van der Waals surface area contributed by atoms with Gasteiger partial charge in [-0.15, -0.1) is 21.5 Å². The van der Waals surface area contributed by atoms with Crippen molar-refractivity contribution in [1.29, 1.82) is 0 Å². The van der Waals surface area contributed by atoms with Crippen molar-refractivity contribution in [2.75, 3.05) is 0 Å². The second-order valence-corrected chi connectivity index (χ2v) is 5.66. The van der Waals surface area contributed by atoms with Gasteiger partial charge in [-0.2, -0.15) is 0 Å². The van der Waals surface area contributed by atoms with Gasteiger partial charge in [0.05, 0.1) is 17.2 Å². The van der Waals surface area contributed by atoms with Crippen LogP contribution in [-0.4, -0.2) is 30.6 Å². The molecule has 0 radical (unpaired) electrons. The fraction of sp³-hybridized carbons (Fsp3) is 0.231. The van der Waals surface area contributed by atoms with Gasteiger partial charge in [0.2, 0.25) is 0 Å². The first-order valence-corrected chi connectivity index (χ1v) is 7.23. The van der Waals surface area contributed by atoms with Gasteiger partial charge in [0.1, 0.15) is 17.8 Å². The molecule has 3 aromatic heterocycles. The van der Waals surface area contributed by atoms with Crippen LogP contribution in [0.3, 0.4) is 0 Å². The van der Waals surface area contributed by atoms with Crippen LogP contribution >= 0.6 is 11.3 Å². The molecule has 1 amide bonds. The maximum Gasteiger partial charge on any atom is 0.268 e. The molecule has 3 rings (SSSR count). The molecule has 0 spiro atoms. The van der Waals surface area contributed by atoms with E-state index < -0.39 is 0 Å². The van der Waals surface area contributed by atoms with Crippen molar-refractivity contribution < 1.29 is 4.79 Å². The van der Waals surface area contributed by atoms with Crippen molar-refractivity contribution in [3.05, 3.63) is 40.5 Å². The van der Waals surface area contributed by atoms with Crippen LogP contribution in [0.25, 0.3) is 11.3 Å². The lowest BCUT2D eigenvalue weighted by molar-refractivity contribution is 0.0942. The minimum absolute atomic E-state index is 0.160. The second kappa shape index (κ2) is 5.49. The third-order valence-corrected chi connectivity index (χ3v) is 3.81. The number of aromatic nitrogens is 5. The highest BCUT2D eigenvalue weighted by atomic mass is 32.1. The van der Waals surface area contributed by atoms with Gasteiger partial charge in [-0.3, -0.25) is 4.79 Å². The summed E-state index contributed by atoms with van der Waals surface area (Å²) >= 11 is 1.59. The summed E-state index contributed by atoms with van der Waals surface area (Å²) in [6.07, 6.45) is 3.38. The molecule has 0 saturated heterocycles. The molecule has 3 heterocycles. The van der Waals surface area contributed by atoms with Crippen LogP contribution < -0.4 is 5.32 Å². The van der Waals surface area contributed by atoms with E-state index in [-0.39, 0.29) is 5.91 Å². The maximum absolute atomic E-state index is 12.2. The molecule has 3 aromatic rings. The highest BCUT2D eigenvalue weighted by Gasteiger charge is 2.14. The molecular formula is C13H14N6OS. The first-order valence-electron chi connectivity index (χ1n) is 6.35. The smallest absolute Gasteiger partial charge is 0.268 e. The van der Waals surface area contributed by atoms with Crippen LogP contribution in [0.5, 0.6) is 0 Å². The van der Waals surface area contributed by atoms with Crippen molar-refractivity contribution in [1.82, 2.24) is 30.0 Å². The summed E-state index contributed by atoms with van der Waals surface area (Å²) < 4.78 is 1.79. The van der Waals surface area contributed by atoms with Crippen LogP contribution in [0.2, 0.25) is 0 Å². The van der Waals surface area contributed by atoms with Crippen molar-refractivity contribution in [2.24, 2.45) is 7.05 Å². The third kappa shape index (κ3) is 2.84. The van der Waals surface area contributed by atoms with Gasteiger partial charge in [0.25, 0.3) is 5.91 Å². The molecule has 0 aliphatic heterocycles. The molecule has 0 unspecified atom stereocenters. The van der Waals surface area contributed by atoms with Crippen LogP contribution in [0.4, 0.5) is 0 Å². The Labute approximate surface area is 125 Å². The van der Waals surface area contributed by atoms with Gasteiger partial charge in [0.15, 0.2) is 0 Å². The molecule has 8 heteroatoms. The number of hydrogen-bond donors (Lipinski definition) is 2. The number of carbonyl (C=O) groups is 1. The van der Waals surface area contributed by atoms with Gasteiger partial charge >= 0.3 is 0 Å². The highest BCUT2D eigenvalue weighted by Crippen LogP contribution is 2.23. The standard InChI is InChI=1S/C13H14N6OS/c1-8-17-10(6-21-8)9-3-11(19(2)5-9)13(20)14-4-12-15-7-16-18-12/h3,5-7H,4H2,1-2H3,(H,14,20)(H,15,16,18). The molecule has 0 aromatic carbocycles. The average Bonchev–Trinajstić information content (AvgIpc) is 3.16. The molecule has 7 nitrogen and oxygen atoms in total. The minimum atomic E-state index is -0.160. The molecule has 0 bridgehead atoms. The Morgan fingerprint density at radius 2 is 2.38 bits per heavy atom. The highest BCUT2D eigenvalue weighted by molar-refractivity contribution is 7.09. The van der Waals surface area contributed by atoms with E-state index in [1.807, 2.05) is 31.6 Å². The van der Waals surface area contributed by atoms with Crippen molar-refractivity contribution in [3.8, 4) is 11.3 Å². The zero-order valence-electron chi connectivity index (χ0n) is 11.6. The summed E-state index contributed by atoms with van der Waals surface area (Å²) in [5.41, 5.74) is 2.41. The Bertz CT molecular complexity index is 758. The molecular weight excluding hydrogens is 288 g/mol. The van der Waals surface area contributed by atoms with Crippen LogP contribution in [0.15, 0.2) is 24.0 Å². The molecule has 0 aliphatic rings. The van der Waals surface area contributed by atoms with E-state index in [9.17, 15) is 4.79 Å². The van der Waals surface area contributed by atoms with Gasteiger partial charge in [-0.05, 0) is 13.0 Å². The summed E-state index contributed by atoms with van der Waals surface area (Å²) in [7, 11) is 1.84. The number of thiazole rings is 1. The van der Waals surface area contributed by atoms with Gasteiger partial charge in [0, 0.05) is 24.2 Å². The predicted molar refractivity (Wildman–Crippen MR) is 78.8 cm³/mol. The summed E-state index contributed by atoms with van der Waals surface area (Å²) in [5, 5.41) is 13.3. The molecule has 0 saturated carbocycles. The number of aromatic amines is 1. The number of hydrogen-bond acceptors (Lipinski definition) is 5. The largest absolute Gasteiger partial charge is 0.346 e. The molecule has 0 fully saturated rings. The Morgan fingerprint density at radius 3 is 3.05 bits per heavy atom.